The van der Waals surface area contributed by atoms with Crippen molar-refractivity contribution in [2.45, 2.75) is 64.5 Å². The standard InChI is InChI=1S/C17H31N3O/c1-13-5-7-17(12-18,8-6-13)16(21)20-11-15-4-3-9-19(15)10-14(20)2/h13-15H,3-12,18H2,1-2H3. The van der Waals surface area contributed by atoms with Crippen molar-refractivity contribution >= 4 is 5.91 Å². The zero-order chi connectivity index (χ0) is 15.0. The van der Waals surface area contributed by atoms with Crippen LogP contribution in [0.5, 0.6) is 0 Å². The minimum atomic E-state index is -0.262. The fraction of sp³-hybridized carbons (Fsp3) is 0.941. The maximum atomic E-state index is 13.2. The number of carbonyl (C=O) groups is 1. The van der Waals surface area contributed by atoms with Gasteiger partial charge in [0.05, 0.1) is 5.41 Å². The van der Waals surface area contributed by atoms with Gasteiger partial charge in [0.15, 0.2) is 0 Å². The van der Waals surface area contributed by atoms with Crippen molar-refractivity contribution in [2.24, 2.45) is 17.1 Å². The van der Waals surface area contributed by atoms with Gasteiger partial charge in [-0.15, -0.1) is 0 Å². The van der Waals surface area contributed by atoms with E-state index in [1.165, 1.54) is 19.4 Å². The summed E-state index contributed by atoms with van der Waals surface area (Å²) in [6.45, 7) is 8.23. The lowest BCUT2D eigenvalue weighted by Crippen LogP contribution is -2.61. The molecule has 2 saturated heterocycles. The SMILES string of the molecule is CC1CCC(CN)(C(=O)N2CC3CCCN3CC2C)CC1. The highest BCUT2D eigenvalue weighted by molar-refractivity contribution is 5.83. The monoisotopic (exact) mass is 293 g/mol. The Hall–Kier alpha value is -0.610. The van der Waals surface area contributed by atoms with Crippen molar-refractivity contribution in [3.8, 4) is 0 Å². The number of nitrogens with two attached hydrogens (primary N) is 1. The summed E-state index contributed by atoms with van der Waals surface area (Å²) < 4.78 is 0. The average molecular weight is 293 g/mol. The van der Waals surface area contributed by atoms with Gasteiger partial charge in [-0.1, -0.05) is 6.92 Å². The Morgan fingerprint density at radius 3 is 2.57 bits per heavy atom. The second-order valence-electron chi connectivity index (χ2n) is 7.76. The minimum absolute atomic E-state index is 0.262. The number of fused-ring (bicyclic) bond motifs is 1. The predicted octanol–water partition coefficient (Wildman–Crippen LogP) is 1.84. The summed E-state index contributed by atoms with van der Waals surface area (Å²) >= 11 is 0. The third-order valence-corrected chi connectivity index (χ3v) is 6.27. The van der Waals surface area contributed by atoms with Crippen LogP contribution in [0.4, 0.5) is 0 Å². The molecule has 21 heavy (non-hydrogen) atoms. The Morgan fingerprint density at radius 2 is 1.90 bits per heavy atom. The maximum Gasteiger partial charge on any atom is 0.230 e. The van der Waals surface area contributed by atoms with E-state index in [9.17, 15) is 4.79 Å². The number of piperazine rings is 1. The lowest BCUT2D eigenvalue weighted by atomic mass is 9.69. The van der Waals surface area contributed by atoms with Crippen molar-refractivity contribution < 1.29 is 4.79 Å². The normalized spacial score (nSPS) is 41.1. The average Bonchev–Trinajstić information content (AvgIpc) is 2.94. The highest BCUT2D eigenvalue weighted by Crippen LogP contribution is 2.40. The molecule has 3 rings (SSSR count). The number of amides is 1. The maximum absolute atomic E-state index is 13.2. The van der Waals surface area contributed by atoms with Gasteiger partial charge in [-0.3, -0.25) is 9.69 Å². The number of hydrogen-bond acceptors (Lipinski definition) is 3. The molecule has 2 atom stereocenters. The molecule has 4 heteroatoms. The molecule has 0 aromatic heterocycles. The molecule has 2 unspecified atom stereocenters. The molecular weight excluding hydrogens is 262 g/mol. The largest absolute Gasteiger partial charge is 0.337 e. The predicted molar refractivity (Wildman–Crippen MR) is 84.9 cm³/mol. The van der Waals surface area contributed by atoms with Gasteiger partial charge >= 0.3 is 0 Å². The van der Waals surface area contributed by atoms with Crippen molar-refractivity contribution in [1.82, 2.24) is 9.80 Å². The van der Waals surface area contributed by atoms with E-state index < -0.39 is 0 Å². The first-order chi connectivity index (χ1) is 10.1. The molecular formula is C17H31N3O. The molecule has 1 saturated carbocycles. The van der Waals surface area contributed by atoms with Gasteiger partial charge in [0, 0.05) is 31.7 Å². The molecule has 3 aliphatic rings. The highest BCUT2D eigenvalue weighted by atomic mass is 16.2. The van der Waals surface area contributed by atoms with E-state index in [-0.39, 0.29) is 5.41 Å². The van der Waals surface area contributed by atoms with E-state index in [1.807, 2.05) is 0 Å². The summed E-state index contributed by atoms with van der Waals surface area (Å²) in [5.74, 6) is 1.11. The molecule has 120 valence electrons. The van der Waals surface area contributed by atoms with Crippen LogP contribution in [0, 0.1) is 11.3 Å². The topological polar surface area (TPSA) is 49.6 Å². The quantitative estimate of drug-likeness (QED) is 0.845. The number of rotatable bonds is 2. The summed E-state index contributed by atoms with van der Waals surface area (Å²) in [6, 6.07) is 0.942. The zero-order valence-electron chi connectivity index (χ0n) is 13.7. The first-order valence-corrected chi connectivity index (χ1v) is 8.81. The molecule has 2 heterocycles. The Bertz CT molecular complexity index is 389. The van der Waals surface area contributed by atoms with Gasteiger partial charge in [0.2, 0.25) is 5.91 Å². The van der Waals surface area contributed by atoms with E-state index in [0.717, 1.165) is 44.7 Å². The smallest absolute Gasteiger partial charge is 0.230 e. The second kappa shape index (κ2) is 5.88. The first-order valence-electron chi connectivity index (χ1n) is 8.81. The Balaban J connectivity index is 1.73. The molecule has 2 N–H and O–H groups in total. The molecule has 1 aliphatic carbocycles. The van der Waals surface area contributed by atoms with Gasteiger partial charge in [0.1, 0.15) is 0 Å². The van der Waals surface area contributed by atoms with Crippen molar-refractivity contribution in [2.75, 3.05) is 26.2 Å². The van der Waals surface area contributed by atoms with Crippen LogP contribution in [0.1, 0.15) is 52.4 Å². The molecule has 4 nitrogen and oxygen atoms in total. The summed E-state index contributed by atoms with van der Waals surface area (Å²) in [7, 11) is 0. The van der Waals surface area contributed by atoms with Gasteiger partial charge < -0.3 is 10.6 Å². The van der Waals surface area contributed by atoms with Gasteiger partial charge in [0.25, 0.3) is 0 Å². The first kappa shape index (κ1) is 15.3. The molecule has 2 aliphatic heterocycles. The zero-order valence-corrected chi connectivity index (χ0v) is 13.7. The van der Waals surface area contributed by atoms with Crippen molar-refractivity contribution in [3.05, 3.63) is 0 Å². The fourth-order valence-corrected chi connectivity index (χ4v) is 4.59. The van der Waals surface area contributed by atoms with Crippen LogP contribution < -0.4 is 5.73 Å². The van der Waals surface area contributed by atoms with Crippen LogP contribution in [-0.2, 0) is 4.79 Å². The Morgan fingerprint density at radius 1 is 1.19 bits per heavy atom. The summed E-state index contributed by atoms with van der Waals surface area (Å²) in [6.07, 6.45) is 6.83. The third kappa shape index (κ3) is 2.72. The van der Waals surface area contributed by atoms with E-state index in [1.54, 1.807) is 0 Å². The van der Waals surface area contributed by atoms with Crippen LogP contribution in [-0.4, -0.2) is 54.0 Å². The van der Waals surface area contributed by atoms with Crippen molar-refractivity contribution in [1.29, 1.82) is 0 Å². The molecule has 0 spiro atoms. The highest BCUT2D eigenvalue weighted by Gasteiger charge is 2.46. The lowest BCUT2D eigenvalue weighted by molar-refractivity contribution is -0.150. The Labute approximate surface area is 129 Å². The Kier molecular flexibility index (Phi) is 4.28. The van der Waals surface area contributed by atoms with Gasteiger partial charge in [-0.2, -0.15) is 0 Å². The molecule has 0 bridgehead atoms. The van der Waals surface area contributed by atoms with Crippen LogP contribution >= 0.6 is 0 Å². The number of nitrogens with zero attached hydrogens (tertiary/aromatic N) is 2. The van der Waals surface area contributed by atoms with E-state index >= 15 is 0 Å². The molecule has 0 aromatic carbocycles. The summed E-state index contributed by atoms with van der Waals surface area (Å²) in [5, 5.41) is 0. The molecule has 0 radical (unpaired) electrons. The van der Waals surface area contributed by atoms with Gasteiger partial charge in [-0.05, 0) is 57.9 Å². The molecule has 0 aromatic rings. The van der Waals surface area contributed by atoms with Crippen LogP contribution in [0.3, 0.4) is 0 Å². The summed E-state index contributed by atoms with van der Waals surface area (Å²) in [4.78, 5) is 18.0. The van der Waals surface area contributed by atoms with Gasteiger partial charge in [-0.25, -0.2) is 0 Å². The van der Waals surface area contributed by atoms with E-state index in [0.29, 0.717) is 24.5 Å². The van der Waals surface area contributed by atoms with Crippen LogP contribution in [0.25, 0.3) is 0 Å². The minimum Gasteiger partial charge on any atom is -0.337 e. The van der Waals surface area contributed by atoms with E-state index in [2.05, 4.69) is 23.6 Å². The van der Waals surface area contributed by atoms with Crippen LogP contribution in [0.2, 0.25) is 0 Å². The van der Waals surface area contributed by atoms with Crippen LogP contribution in [0.15, 0.2) is 0 Å². The molecule has 1 amide bonds. The summed E-state index contributed by atoms with van der Waals surface area (Å²) in [5.41, 5.74) is 5.82. The van der Waals surface area contributed by atoms with Crippen molar-refractivity contribution in [3.63, 3.8) is 0 Å². The lowest BCUT2D eigenvalue weighted by Gasteiger charge is -2.47. The second-order valence-corrected chi connectivity index (χ2v) is 7.76. The number of hydrogen-bond donors (Lipinski definition) is 1. The third-order valence-electron chi connectivity index (χ3n) is 6.27. The number of carbonyl (C=O) groups excluding carboxylic acids is 1. The van der Waals surface area contributed by atoms with E-state index in [4.69, 9.17) is 5.73 Å². The fourth-order valence-electron chi connectivity index (χ4n) is 4.59. The molecule has 3 fully saturated rings.